The number of hydrogen-bond acceptors (Lipinski definition) is 2. The van der Waals surface area contributed by atoms with Gasteiger partial charge in [-0.1, -0.05) is 26.7 Å². The zero-order valence-electron chi connectivity index (χ0n) is 8.42. The lowest BCUT2D eigenvalue weighted by Gasteiger charge is -2.28. The van der Waals surface area contributed by atoms with Gasteiger partial charge in [-0.25, -0.2) is 0 Å². The van der Waals surface area contributed by atoms with Crippen LogP contribution < -0.4 is 5.32 Å². The number of amides is 1. The molecule has 76 valence electrons. The molecular formula is C10H19NO2. The lowest BCUT2D eigenvalue weighted by molar-refractivity contribution is -0.125. The maximum Gasteiger partial charge on any atom is 0.222 e. The molecule has 1 aliphatic rings. The standard InChI is InChI=1S/C10H19NO2/c1-7(2)10(13)11-8-5-3-4-6-9(8)12/h7-9,12H,3-6H2,1-2H3,(H,11,13)/t8-,9-/m1/s1. The van der Waals surface area contributed by atoms with E-state index >= 15 is 0 Å². The average molecular weight is 185 g/mol. The monoisotopic (exact) mass is 185 g/mol. The summed E-state index contributed by atoms with van der Waals surface area (Å²) < 4.78 is 0. The van der Waals surface area contributed by atoms with Crippen molar-refractivity contribution in [2.24, 2.45) is 5.92 Å². The summed E-state index contributed by atoms with van der Waals surface area (Å²) in [6.45, 7) is 3.73. The lowest BCUT2D eigenvalue weighted by Crippen LogP contribution is -2.46. The first-order valence-electron chi connectivity index (χ1n) is 5.09. The van der Waals surface area contributed by atoms with Crippen molar-refractivity contribution in [2.45, 2.75) is 51.7 Å². The molecule has 0 aromatic rings. The van der Waals surface area contributed by atoms with Crippen molar-refractivity contribution in [3.8, 4) is 0 Å². The van der Waals surface area contributed by atoms with Gasteiger partial charge in [-0.3, -0.25) is 4.79 Å². The molecule has 0 unspecified atom stereocenters. The molecule has 1 rings (SSSR count). The van der Waals surface area contributed by atoms with Crippen LogP contribution in [0.4, 0.5) is 0 Å². The molecule has 0 bridgehead atoms. The molecule has 3 heteroatoms. The number of carbonyl (C=O) groups excluding carboxylic acids is 1. The Kier molecular flexibility index (Phi) is 3.72. The van der Waals surface area contributed by atoms with Crippen LogP contribution in [0.2, 0.25) is 0 Å². The summed E-state index contributed by atoms with van der Waals surface area (Å²) in [5.41, 5.74) is 0. The smallest absolute Gasteiger partial charge is 0.222 e. The predicted molar refractivity (Wildman–Crippen MR) is 51.2 cm³/mol. The fourth-order valence-electron chi connectivity index (χ4n) is 1.63. The second kappa shape index (κ2) is 4.61. The number of aliphatic hydroxyl groups excluding tert-OH is 1. The van der Waals surface area contributed by atoms with E-state index in [1.165, 1.54) is 0 Å². The van der Waals surface area contributed by atoms with Crippen LogP contribution in [0.25, 0.3) is 0 Å². The first-order valence-corrected chi connectivity index (χ1v) is 5.09. The Morgan fingerprint density at radius 3 is 2.54 bits per heavy atom. The predicted octanol–water partition coefficient (Wildman–Crippen LogP) is 1.06. The highest BCUT2D eigenvalue weighted by Gasteiger charge is 2.24. The van der Waals surface area contributed by atoms with Crippen LogP contribution in [0, 0.1) is 5.92 Å². The van der Waals surface area contributed by atoms with Gasteiger partial charge in [0.2, 0.25) is 5.91 Å². The fourth-order valence-corrected chi connectivity index (χ4v) is 1.63. The molecule has 1 amide bonds. The third kappa shape index (κ3) is 2.99. The molecule has 0 heterocycles. The molecule has 2 N–H and O–H groups in total. The molecule has 0 aliphatic heterocycles. The third-order valence-corrected chi connectivity index (χ3v) is 2.58. The summed E-state index contributed by atoms with van der Waals surface area (Å²) in [5.74, 6) is 0.0556. The van der Waals surface area contributed by atoms with Gasteiger partial charge in [-0.05, 0) is 12.8 Å². The number of hydrogen-bond donors (Lipinski definition) is 2. The van der Waals surface area contributed by atoms with Crippen LogP contribution in [0.3, 0.4) is 0 Å². The second-order valence-corrected chi connectivity index (χ2v) is 4.12. The normalized spacial score (nSPS) is 28.9. The second-order valence-electron chi connectivity index (χ2n) is 4.12. The van der Waals surface area contributed by atoms with Crippen molar-refractivity contribution in [3.05, 3.63) is 0 Å². The van der Waals surface area contributed by atoms with Crippen LogP contribution in [0.5, 0.6) is 0 Å². The Labute approximate surface area is 79.5 Å². The molecule has 0 saturated heterocycles. The Balaban J connectivity index is 2.38. The van der Waals surface area contributed by atoms with Crippen LogP contribution in [0.15, 0.2) is 0 Å². The van der Waals surface area contributed by atoms with Gasteiger partial charge >= 0.3 is 0 Å². The number of rotatable bonds is 2. The van der Waals surface area contributed by atoms with Gasteiger partial charge in [0, 0.05) is 5.92 Å². The molecule has 0 spiro atoms. The van der Waals surface area contributed by atoms with Crippen LogP contribution in [-0.2, 0) is 4.79 Å². The third-order valence-electron chi connectivity index (χ3n) is 2.58. The van der Waals surface area contributed by atoms with Crippen molar-refractivity contribution in [1.82, 2.24) is 5.32 Å². The summed E-state index contributed by atoms with van der Waals surface area (Å²) in [6, 6.07) is -0.0105. The first kappa shape index (κ1) is 10.5. The van der Waals surface area contributed by atoms with Crippen molar-refractivity contribution in [2.75, 3.05) is 0 Å². The van der Waals surface area contributed by atoms with E-state index in [-0.39, 0.29) is 24.0 Å². The number of nitrogens with one attached hydrogen (secondary N) is 1. The highest BCUT2D eigenvalue weighted by Crippen LogP contribution is 2.18. The molecule has 0 radical (unpaired) electrons. The van der Waals surface area contributed by atoms with E-state index < -0.39 is 0 Å². The largest absolute Gasteiger partial charge is 0.391 e. The van der Waals surface area contributed by atoms with Gasteiger partial charge in [0.1, 0.15) is 0 Å². The van der Waals surface area contributed by atoms with Crippen molar-refractivity contribution < 1.29 is 9.90 Å². The van der Waals surface area contributed by atoms with E-state index in [2.05, 4.69) is 5.32 Å². The zero-order valence-corrected chi connectivity index (χ0v) is 8.42. The molecule has 1 fully saturated rings. The fraction of sp³-hybridized carbons (Fsp3) is 0.900. The molecule has 13 heavy (non-hydrogen) atoms. The molecule has 1 aliphatic carbocycles. The van der Waals surface area contributed by atoms with Crippen molar-refractivity contribution in [3.63, 3.8) is 0 Å². The van der Waals surface area contributed by atoms with Gasteiger partial charge in [0.25, 0.3) is 0 Å². The Hall–Kier alpha value is -0.570. The summed E-state index contributed by atoms with van der Waals surface area (Å²) in [7, 11) is 0. The van der Waals surface area contributed by atoms with Crippen molar-refractivity contribution in [1.29, 1.82) is 0 Å². The average Bonchev–Trinajstić information content (AvgIpc) is 2.08. The number of aliphatic hydroxyl groups is 1. The van der Waals surface area contributed by atoms with E-state index in [1.807, 2.05) is 13.8 Å². The highest BCUT2D eigenvalue weighted by molar-refractivity contribution is 5.78. The van der Waals surface area contributed by atoms with E-state index in [0.29, 0.717) is 0 Å². The van der Waals surface area contributed by atoms with Gasteiger partial charge in [-0.15, -0.1) is 0 Å². The topological polar surface area (TPSA) is 49.3 Å². The van der Waals surface area contributed by atoms with Gasteiger partial charge < -0.3 is 10.4 Å². The van der Waals surface area contributed by atoms with E-state index in [1.54, 1.807) is 0 Å². The summed E-state index contributed by atoms with van der Waals surface area (Å²) >= 11 is 0. The summed E-state index contributed by atoms with van der Waals surface area (Å²) in [6.07, 6.45) is 3.59. The number of carbonyl (C=O) groups is 1. The Bertz CT molecular complexity index is 180. The summed E-state index contributed by atoms with van der Waals surface area (Å²) in [4.78, 5) is 11.3. The Morgan fingerprint density at radius 2 is 2.00 bits per heavy atom. The van der Waals surface area contributed by atoms with E-state index in [9.17, 15) is 9.90 Å². The first-order chi connectivity index (χ1) is 6.11. The highest BCUT2D eigenvalue weighted by atomic mass is 16.3. The maximum absolute atomic E-state index is 11.3. The van der Waals surface area contributed by atoms with Gasteiger partial charge in [0.05, 0.1) is 12.1 Å². The maximum atomic E-state index is 11.3. The van der Waals surface area contributed by atoms with Crippen molar-refractivity contribution >= 4 is 5.91 Å². The zero-order chi connectivity index (χ0) is 9.84. The molecular weight excluding hydrogens is 166 g/mol. The minimum atomic E-state index is -0.337. The molecule has 0 aromatic carbocycles. The van der Waals surface area contributed by atoms with Crippen LogP contribution in [0.1, 0.15) is 39.5 Å². The van der Waals surface area contributed by atoms with Gasteiger partial charge in [-0.2, -0.15) is 0 Å². The molecule has 1 saturated carbocycles. The van der Waals surface area contributed by atoms with Crippen LogP contribution >= 0.6 is 0 Å². The molecule has 0 aromatic heterocycles. The van der Waals surface area contributed by atoms with Crippen LogP contribution in [-0.4, -0.2) is 23.2 Å². The SMILES string of the molecule is CC(C)C(=O)N[C@@H]1CCCC[C@H]1O. The quantitative estimate of drug-likeness (QED) is 0.676. The Morgan fingerprint density at radius 1 is 1.38 bits per heavy atom. The lowest BCUT2D eigenvalue weighted by atomic mass is 9.92. The van der Waals surface area contributed by atoms with Gasteiger partial charge in [0.15, 0.2) is 0 Å². The molecule has 3 nitrogen and oxygen atoms in total. The van der Waals surface area contributed by atoms with E-state index in [0.717, 1.165) is 25.7 Å². The minimum absolute atomic E-state index is 0.00845. The molecule has 2 atom stereocenters. The minimum Gasteiger partial charge on any atom is -0.391 e. The van der Waals surface area contributed by atoms with E-state index in [4.69, 9.17) is 0 Å². The summed E-state index contributed by atoms with van der Waals surface area (Å²) in [5, 5.41) is 12.5.